The number of fused-ring (bicyclic) bond motifs is 1. The van der Waals surface area contributed by atoms with Crippen LogP contribution >= 0.6 is 0 Å². The van der Waals surface area contributed by atoms with Gasteiger partial charge in [0.25, 0.3) is 0 Å². The van der Waals surface area contributed by atoms with Crippen LogP contribution in [-0.4, -0.2) is 6.61 Å². The minimum Gasteiger partial charge on any atom is -0.493 e. The predicted molar refractivity (Wildman–Crippen MR) is 87.5 cm³/mol. The second kappa shape index (κ2) is 6.00. The highest BCUT2D eigenvalue weighted by molar-refractivity contribution is 5.45. The van der Waals surface area contributed by atoms with Crippen molar-refractivity contribution in [3.05, 3.63) is 29.3 Å². The van der Waals surface area contributed by atoms with Gasteiger partial charge in [-0.2, -0.15) is 0 Å². The average Bonchev–Trinajstić information content (AvgIpc) is 2.95. The Kier molecular flexibility index (Phi) is 4.26. The molecule has 2 heteroatoms. The smallest absolute Gasteiger partial charge is 0.127 e. The van der Waals surface area contributed by atoms with Crippen molar-refractivity contribution in [2.45, 2.75) is 64.8 Å². The molecule has 2 aliphatic rings. The van der Waals surface area contributed by atoms with E-state index in [2.05, 4.69) is 32.0 Å². The van der Waals surface area contributed by atoms with Crippen LogP contribution in [0.2, 0.25) is 0 Å². The molecule has 2 nitrogen and oxygen atoms in total. The average molecular weight is 287 g/mol. The Balaban J connectivity index is 1.95. The Bertz CT molecular complexity index is 488. The van der Waals surface area contributed by atoms with Crippen molar-refractivity contribution in [2.24, 2.45) is 17.1 Å². The predicted octanol–water partition coefficient (Wildman–Crippen LogP) is 4.62. The van der Waals surface area contributed by atoms with Crippen LogP contribution in [0.3, 0.4) is 0 Å². The highest BCUT2D eigenvalue weighted by atomic mass is 16.5. The quantitative estimate of drug-likeness (QED) is 0.877. The molecule has 0 saturated heterocycles. The lowest BCUT2D eigenvalue weighted by Gasteiger charge is -2.38. The zero-order chi connectivity index (χ0) is 14.9. The van der Waals surface area contributed by atoms with Crippen LogP contribution in [0.15, 0.2) is 18.2 Å². The van der Waals surface area contributed by atoms with E-state index in [1.165, 1.54) is 43.2 Å². The molecule has 1 atom stereocenters. The maximum Gasteiger partial charge on any atom is 0.127 e. The minimum absolute atomic E-state index is 0.121. The van der Waals surface area contributed by atoms with Crippen molar-refractivity contribution in [3.63, 3.8) is 0 Å². The number of rotatable bonds is 4. The molecule has 116 valence electrons. The van der Waals surface area contributed by atoms with Gasteiger partial charge in [0.2, 0.25) is 0 Å². The second-order valence-electron chi connectivity index (χ2n) is 7.43. The standard InChI is InChI=1S/C19H29NO/c1-14(2)13-19(10-3-4-11-19)18(20)16-9-5-7-15-8-6-12-21-17(15)16/h5,7,9,14,18H,3-4,6,8,10-13,20H2,1-2H3. The van der Waals surface area contributed by atoms with Gasteiger partial charge in [0, 0.05) is 11.6 Å². The molecular weight excluding hydrogens is 258 g/mol. The summed E-state index contributed by atoms with van der Waals surface area (Å²) in [7, 11) is 0. The fourth-order valence-corrected chi connectivity index (χ4v) is 4.52. The van der Waals surface area contributed by atoms with Crippen molar-refractivity contribution in [3.8, 4) is 5.75 Å². The normalized spacial score (nSPS) is 21.9. The number of hydrogen-bond donors (Lipinski definition) is 1. The molecule has 21 heavy (non-hydrogen) atoms. The Hall–Kier alpha value is -1.02. The summed E-state index contributed by atoms with van der Waals surface area (Å²) in [5.41, 5.74) is 9.72. The molecule has 1 fully saturated rings. The van der Waals surface area contributed by atoms with Gasteiger partial charge in [-0.3, -0.25) is 0 Å². The maximum absolute atomic E-state index is 6.83. The molecular formula is C19H29NO. The highest BCUT2D eigenvalue weighted by Crippen LogP contribution is 2.52. The first-order valence-corrected chi connectivity index (χ1v) is 8.62. The lowest BCUT2D eigenvalue weighted by atomic mass is 9.70. The fourth-order valence-electron chi connectivity index (χ4n) is 4.52. The van der Waals surface area contributed by atoms with Gasteiger partial charge in [0.15, 0.2) is 0 Å². The number of nitrogens with two attached hydrogens (primary N) is 1. The van der Waals surface area contributed by atoms with E-state index in [0.29, 0.717) is 5.92 Å². The van der Waals surface area contributed by atoms with E-state index in [4.69, 9.17) is 10.5 Å². The van der Waals surface area contributed by atoms with Crippen LogP contribution < -0.4 is 10.5 Å². The van der Waals surface area contributed by atoms with Crippen LogP contribution in [0.5, 0.6) is 5.75 Å². The summed E-state index contributed by atoms with van der Waals surface area (Å²) in [5, 5.41) is 0. The molecule has 0 amide bonds. The highest BCUT2D eigenvalue weighted by Gasteiger charge is 2.41. The molecule has 1 aromatic carbocycles. The summed E-state index contributed by atoms with van der Waals surface area (Å²) in [6, 6.07) is 6.69. The summed E-state index contributed by atoms with van der Waals surface area (Å²) < 4.78 is 6.01. The topological polar surface area (TPSA) is 35.2 Å². The van der Waals surface area contributed by atoms with Gasteiger partial charge in [-0.05, 0) is 49.0 Å². The second-order valence-corrected chi connectivity index (χ2v) is 7.43. The molecule has 0 radical (unpaired) electrons. The minimum atomic E-state index is 0.121. The number of ether oxygens (including phenoxy) is 1. The third kappa shape index (κ3) is 2.83. The van der Waals surface area contributed by atoms with Crippen molar-refractivity contribution in [2.75, 3.05) is 6.61 Å². The molecule has 1 aliphatic heterocycles. The molecule has 0 bridgehead atoms. The lowest BCUT2D eigenvalue weighted by molar-refractivity contribution is 0.178. The van der Waals surface area contributed by atoms with E-state index in [1.807, 2.05) is 0 Å². The lowest BCUT2D eigenvalue weighted by Crippen LogP contribution is -2.34. The van der Waals surface area contributed by atoms with Gasteiger partial charge in [-0.1, -0.05) is 44.9 Å². The first-order valence-electron chi connectivity index (χ1n) is 8.62. The molecule has 1 heterocycles. The summed E-state index contributed by atoms with van der Waals surface area (Å²) in [6.45, 7) is 5.49. The van der Waals surface area contributed by atoms with Gasteiger partial charge in [-0.15, -0.1) is 0 Å². The first-order chi connectivity index (χ1) is 10.1. The summed E-state index contributed by atoms with van der Waals surface area (Å²) >= 11 is 0. The van der Waals surface area contributed by atoms with Crippen LogP contribution in [0.4, 0.5) is 0 Å². The van der Waals surface area contributed by atoms with Gasteiger partial charge in [0.05, 0.1) is 6.61 Å². The zero-order valence-electron chi connectivity index (χ0n) is 13.5. The number of benzene rings is 1. The molecule has 1 saturated carbocycles. The Morgan fingerprint density at radius 3 is 2.67 bits per heavy atom. The monoisotopic (exact) mass is 287 g/mol. The SMILES string of the molecule is CC(C)CC1(C(N)c2cccc3c2OCCC3)CCCC1. The van der Waals surface area contributed by atoms with Gasteiger partial charge in [-0.25, -0.2) is 0 Å². The third-order valence-electron chi connectivity index (χ3n) is 5.37. The largest absolute Gasteiger partial charge is 0.493 e. The number of aryl methyl sites for hydroxylation is 1. The Morgan fingerprint density at radius 2 is 1.95 bits per heavy atom. The van der Waals surface area contributed by atoms with Crippen LogP contribution in [0.1, 0.15) is 69.5 Å². The van der Waals surface area contributed by atoms with Gasteiger partial charge >= 0.3 is 0 Å². The van der Waals surface area contributed by atoms with E-state index in [-0.39, 0.29) is 11.5 Å². The van der Waals surface area contributed by atoms with Crippen molar-refractivity contribution in [1.29, 1.82) is 0 Å². The zero-order valence-corrected chi connectivity index (χ0v) is 13.5. The van der Waals surface area contributed by atoms with Crippen molar-refractivity contribution < 1.29 is 4.74 Å². The van der Waals surface area contributed by atoms with Crippen LogP contribution in [-0.2, 0) is 6.42 Å². The van der Waals surface area contributed by atoms with E-state index >= 15 is 0 Å². The summed E-state index contributed by atoms with van der Waals surface area (Å²) in [4.78, 5) is 0. The first kappa shape index (κ1) is 14.9. The van der Waals surface area contributed by atoms with Gasteiger partial charge < -0.3 is 10.5 Å². The van der Waals surface area contributed by atoms with Crippen molar-refractivity contribution in [1.82, 2.24) is 0 Å². The Morgan fingerprint density at radius 1 is 1.19 bits per heavy atom. The maximum atomic E-state index is 6.83. The third-order valence-corrected chi connectivity index (χ3v) is 5.37. The van der Waals surface area contributed by atoms with E-state index < -0.39 is 0 Å². The summed E-state index contributed by atoms with van der Waals surface area (Å²) in [6.07, 6.45) is 8.70. The molecule has 1 aromatic rings. The van der Waals surface area contributed by atoms with E-state index in [1.54, 1.807) is 0 Å². The van der Waals surface area contributed by atoms with Crippen LogP contribution in [0.25, 0.3) is 0 Å². The fraction of sp³-hybridized carbons (Fsp3) is 0.684. The molecule has 1 unspecified atom stereocenters. The molecule has 0 spiro atoms. The van der Waals surface area contributed by atoms with Crippen LogP contribution in [0, 0.1) is 11.3 Å². The number of hydrogen-bond acceptors (Lipinski definition) is 2. The summed E-state index contributed by atoms with van der Waals surface area (Å²) in [5.74, 6) is 1.81. The van der Waals surface area contributed by atoms with Gasteiger partial charge in [0.1, 0.15) is 5.75 Å². The van der Waals surface area contributed by atoms with Crippen molar-refractivity contribution >= 4 is 0 Å². The Labute approximate surface area is 129 Å². The molecule has 1 aliphatic carbocycles. The molecule has 2 N–H and O–H groups in total. The molecule has 0 aromatic heterocycles. The van der Waals surface area contributed by atoms with E-state index in [0.717, 1.165) is 25.2 Å². The molecule has 3 rings (SSSR count). The number of para-hydroxylation sites is 1. The van der Waals surface area contributed by atoms with E-state index in [9.17, 15) is 0 Å².